The van der Waals surface area contributed by atoms with Crippen molar-refractivity contribution in [2.75, 3.05) is 37.6 Å². The van der Waals surface area contributed by atoms with E-state index in [0.29, 0.717) is 18.8 Å². The average Bonchev–Trinajstić information content (AvgIpc) is 3.01. The quantitative estimate of drug-likeness (QED) is 0.783. The van der Waals surface area contributed by atoms with Gasteiger partial charge < -0.3 is 14.3 Å². The molecule has 1 aromatic heterocycles. The molecule has 2 aromatic rings. The minimum Gasteiger partial charge on any atom is -0.368 e. The van der Waals surface area contributed by atoms with E-state index in [4.69, 9.17) is 4.52 Å². The fraction of sp³-hybridized carbons (Fsp3) is 0.474. The first-order valence-corrected chi connectivity index (χ1v) is 10.8. The molecule has 2 heterocycles. The summed E-state index contributed by atoms with van der Waals surface area (Å²) in [5, 5.41) is 3.66. The van der Waals surface area contributed by atoms with Gasteiger partial charge in [0.25, 0.3) is 0 Å². The number of nitrogens with zero attached hydrogens (tertiary/aromatic N) is 3. The Morgan fingerprint density at radius 3 is 2.43 bits per heavy atom. The molecule has 0 unspecified atom stereocenters. The molecule has 1 saturated heterocycles. The number of anilines is 1. The molecular formula is C19H26N4O4S. The maximum Gasteiger partial charge on any atom is 0.245 e. The standard InChI is InChI=1S/C19H26N4O4S/c1-14-6-4-5-7-17(14)22-10-12-23(13-11-22)18(24)8-9-20-28(25,26)19-15(2)21-27-16(19)3/h4-7,20H,8-13H2,1-3H3. The Hall–Kier alpha value is -2.39. The van der Waals surface area contributed by atoms with E-state index in [1.54, 1.807) is 18.7 Å². The van der Waals surface area contributed by atoms with Crippen LogP contribution in [0.2, 0.25) is 0 Å². The number of amides is 1. The molecule has 0 bridgehead atoms. The number of carbonyl (C=O) groups is 1. The van der Waals surface area contributed by atoms with Crippen LogP contribution in [0, 0.1) is 20.8 Å². The number of para-hydroxylation sites is 1. The van der Waals surface area contributed by atoms with Gasteiger partial charge in [0.2, 0.25) is 15.9 Å². The first-order chi connectivity index (χ1) is 13.3. The van der Waals surface area contributed by atoms with E-state index in [1.807, 2.05) is 12.1 Å². The molecule has 9 heteroatoms. The van der Waals surface area contributed by atoms with Crippen LogP contribution in [0.5, 0.6) is 0 Å². The number of hydrogen-bond acceptors (Lipinski definition) is 6. The number of hydrogen-bond donors (Lipinski definition) is 1. The van der Waals surface area contributed by atoms with Gasteiger partial charge in [-0.2, -0.15) is 0 Å². The maximum absolute atomic E-state index is 12.5. The molecule has 0 radical (unpaired) electrons. The molecule has 28 heavy (non-hydrogen) atoms. The Balaban J connectivity index is 1.49. The second-order valence-corrected chi connectivity index (χ2v) is 8.66. The number of aromatic nitrogens is 1. The summed E-state index contributed by atoms with van der Waals surface area (Å²) >= 11 is 0. The van der Waals surface area contributed by atoms with Crippen molar-refractivity contribution in [3.63, 3.8) is 0 Å². The fourth-order valence-corrected chi connectivity index (χ4v) is 4.85. The summed E-state index contributed by atoms with van der Waals surface area (Å²) in [6.45, 7) is 8.04. The highest BCUT2D eigenvalue weighted by molar-refractivity contribution is 7.89. The van der Waals surface area contributed by atoms with Crippen LogP contribution in [-0.2, 0) is 14.8 Å². The number of sulfonamides is 1. The molecule has 0 saturated carbocycles. The van der Waals surface area contributed by atoms with Gasteiger partial charge in [0.15, 0.2) is 5.76 Å². The zero-order valence-electron chi connectivity index (χ0n) is 16.4. The summed E-state index contributed by atoms with van der Waals surface area (Å²) in [6.07, 6.45) is 0.118. The van der Waals surface area contributed by atoms with Crippen LogP contribution in [0.4, 0.5) is 5.69 Å². The predicted octanol–water partition coefficient (Wildman–Crippen LogP) is 1.62. The molecule has 1 aliphatic rings. The second kappa shape index (κ2) is 8.32. The molecule has 1 fully saturated rings. The highest BCUT2D eigenvalue weighted by Gasteiger charge is 2.25. The Kier molecular flexibility index (Phi) is 6.04. The maximum atomic E-state index is 12.5. The molecule has 1 N–H and O–H groups in total. The van der Waals surface area contributed by atoms with Gasteiger partial charge in [0.1, 0.15) is 10.6 Å². The van der Waals surface area contributed by atoms with Gasteiger partial charge >= 0.3 is 0 Å². The van der Waals surface area contributed by atoms with Crippen LogP contribution in [0.1, 0.15) is 23.4 Å². The topological polar surface area (TPSA) is 95.8 Å². The van der Waals surface area contributed by atoms with Crippen molar-refractivity contribution in [1.82, 2.24) is 14.8 Å². The smallest absolute Gasteiger partial charge is 0.245 e. The normalized spacial score (nSPS) is 15.1. The molecule has 1 aliphatic heterocycles. The molecule has 0 atom stereocenters. The van der Waals surface area contributed by atoms with Crippen molar-refractivity contribution in [2.24, 2.45) is 0 Å². The lowest BCUT2D eigenvalue weighted by molar-refractivity contribution is -0.131. The minimum absolute atomic E-state index is 0.0449. The van der Waals surface area contributed by atoms with Crippen LogP contribution < -0.4 is 9.62 Å². The summed E-state index contributed by atoms with van der Waals surface area (Å²) in [4.78, 5) is 16.6. The van der Waals surface area contributed by atoms with Gasteiger partial charge in [0, 0.05) is 44.8 Å². The highest BCUT2D eigenvalue weighted by Crippen LogP contribution is 2.21. The van der Waals surface area contributed by atoms with Gasteiger partial charge in [-0.3, -0.25) is 4.79 Å². The third-order valence-electron chi connectivity index (χ3n) is 4.96. The van der Waals surface area contributed by atoms with E-state index in [2.05, 4.69) is 33.8 Å². The Morgan fingerprint density at radius 2 is 1.82 bits per heavy atom. The van der Waals surface area contributed by atoms with Crippen LogP contribution >= 0.6 is 0 Å². The van der Waals surface area contributed by atoms with Gasteiger partial charge in [0.05, 0.1) is 0 Å². The van der Waals surface area contributed by atoms with Crippen molar-refractivity contribution in [3.8, 4) is 0 Å². The van der Waals surface area contributed by atoms with Crippen LogP contribution in [0.25, 0.3) is 0 Å². The highest BCUT2D eigenvalue weighted by atomic mass is 32.2. The Morgan fingerprint density at radius 1 is 1.14 bits per heavy atom. The van der Waals surface area contributed by atoms with Crippen molar-refractivity contribution in [2.45, 2.75) is 32.1 Å². The first-order valence-electron chi connectivity index (χ1n) is 9.30. The van der Waals surface area contributed by atoms with Crippen molar-refractivity contribution >= 4 is 21.6 Å². The van der Waals surface area contributed by atoms with Gasteiger partial charge in [-0.25, -0.2) is 13.1 Å². The number of benzene rings is 1. The zero-order valence-corrected chi connectivity index (χ0v) is 17.3. The summed E-state index contributed by atoms with van der Waals surface area (Å²) in [6, 6.07) is 8.21. The number of aryl methyl sites for hydroxylation is 3. The summed E-state index contributed by atoms with van der Waals surface area (Å²) in [5.41, 5.74) is 2.72. The predicted molar refractivity (Wildman–Crippen MR) is 106 cm³/mol. The number of piperazine rings is 1. The van der Waals surface area contributed by atoms with Crippen molar-refractivity contribution in [1.29, 1.82) is 0 Å². The van der Waals surface area contributed by atoms with E-state index in [1.165, 1.54) is 11.3 Å². The zero-order chi connectivity index (χ0) is 20.3. The lowest BCUT2D eigenvalue weighted by atomic mass is 10.1. The third-order valence-corrected chi connectivity index (χ3v) is 6.66. The van der Waals surface area contributed by atoms with Gasteiger partial charge in [-0.15, -0.1) is 0 Å². The number of carbonyl (C=O) groups excluding carboxylic acids is 1. The number of nitrogens with one attached hydrogen (secondary N) is 1. The fourth-order valence-electron chi connectivity index (χ4n) is 3.50. The molecule has 1 amide bonds. The third kappa shape index (κ3) is 4.36. The van der Waals surface area contributed by atoms with Crippen molar-refractivity contribution < 1.29 is 17.7 Å². The van der Waals surface area contributed by atoms with Crippen LogP contribution in [0.15, 0.2) is 33.7 Å². The summed E-state index contributed by atoms with van der Waals surface area (Å²) in [5.74, 6) is 0.189. The Bertz CT molecular complexity index is 927. The first kappa shape index (κ1) is 20.3. The van der Waals surface area contributed by atoms with Gasteiger partial charge in [-0.1, -0.05) is 23.4 Å². The lowest BCUT2D eigenvalue weighted by Gasteiger charge is -2.36. The largest absolute Gasteiger partial charge is 0.368 e. The average molecular weight is 407 g/mol. The molecule has 3 rings (SSSR count). The van der Waals surface area contributed by atoms with Crippen molar-refractivity contribution in [3.05, 3.63) is 41.3 Å². The van der Waals surface area contributed by atoms with E-state index in [0.717, 1.165) is 13.1 Å². The molecule has 8 nitrogen and oxygen atoms in total. The molecule has 0 aliphatic carbocycles. The van der Waals surface area contributed by atoms with Gasteiger partial charge in [-0.05, 0) is 32.4 Å². The number of rotatable bonds is 6. The molecule has 152 valence electrons. The van der Waals surface area contributed by atoms with Crippen LogP contribution in [-0.4, -0.2) is 57.1 Å². The molecular weight excluding hydrogens is 380 g/mol. The monoisotopic (exact) mass is 406 g/mol. The van der Waals surface area contributed by atoms with Crippen LogP contribution in [0.3, 0.4) is 0 Å². The molecule has 0 spiro atoms. The Labute approximate surface area is 165 Å². The summed E-state index contributed by atoms with van der Waals surface area (Å²) in [7, 11) is -3.74. The lowest BCUT2D eigenvalue weighted by Crippen LogP contribution is -2.49. The summed E-state index contributed by atoms with van der Waals surface area (Å²) < 4.78 is 32.1. The van der Waals surface area contributed by atoms with E-state index >= 15 is 0 Å². The van der Waals surface area contributed by atoms with E-state index in [9.17, 15) is 13.2 Å². The van der Waals surface area contributed by atoms with E-state index in [-0.39, 0.29) is 29.5 Å². The molecule has 1 aromatic carbocycles. The SMILES string of the molecule is Cc1ccccc1N1CCN(C(=O)CCNS(=O)(=O)c2c(C)noc2C)CC1. The minimum atomic E-state index is -3.74. The second-order valence-electron chi connectivity index (χ2n) is 6.96. The van der Waals surface area contributed by atoms with E-state index < -0.39 is 10.0 Å².